The van der Waals surface area contributed by atoms with Gasteiger partial charge in [-0.2, -0.15) is 0 Å². The largest absolute Gasteiger partial charge is 0.290 e. The van der Waals surface area contributed by atoms with Crippen LogP contribution in [0.25, 0.3) is 60.6 Å². The van der Waals surface area contributed by atoms with E-state index >= 15 is 0 Å². The summed E-state index contributed by atoms with van der Waals surface area (Å²) in [5, 5.41) is 3.52. The number of benzene rings is 3. The van der Waals surface area contributed by atoms with Crippen molar-refractivity contribution < 1.29 is 0 Å². The maximum Gasteiger partial charge on any atom is 0.146 e. The monoisotopic (exact) mass is 446 g/mol. The molecule has 9 rings (SSSR count). The SMILES string of the molecule is c1ccc2c(c1)Cc1ccc3c(c1-2)-c1cc2c4cnccc4n4c5cnccc5nc4c2cc1C3. The fourth-order valence-electron chi connectivity index (χ4n) is 6.50. The molecule has 0 N–H and O–H groups in total. The minimum Gasteiger partial charge on any atom is -0.290 e. The summed E-state index contributed by atoms with van der Waals surface area (Å²) in [5.74, 6) is 0. The van der Waals surface area contributed by atoms with Crippen molar-refractivity contribution >= 4 is 38.4 Å². The van der Waals surface area contributed by atoms with Crippen molar-refractivity contribution in [1.29, 1.82) is 0 Å². The third-order valence-electron chi connectivity index (χ3n) is 7.97. The lowest BCUT2D eigenvalue weighted by molar-refractivity contribution is 1.23. The smallest absolute Gasteiger partial charge is 0.146 e. The zero-order valence-corrected chi connectivity index (χ0v) is 18.8. The van der Waals surface area contributed by atoms with Crippen LogP contribution in [-0.2, 0) is 12.8 Å². The molecule has 4 heterocycles. The van der Waals surface area contributed by atoms with E-state index in [1.165, 1.54) is 55.3 Å². The number of pyridine rings is 3. The van der Waals surface area contributed by atoms with Gasteiger partial charge in [0.1, 0.15) is 5.65 Å². The zero-order valence-electron chi connectivity index (χ0n) is 18.8. The first-order chi connectivity index (χ1) is 17.3. The number of imidazole rings is 1. The maximum absolute atomic E-state index is 5.06. The number of hydrogen-bond donors (Lipinski definition) is 0. The van der Waals surface area contributed by atoms with Crippen LogP contribution < -0.4 is 0 Å². The van der Waals surface area contributed by atoms with Crippen LogP contribution in [0, 0.1) is 0 Å². The minimum absolute atomic E-state index is 0.953. The lowest BCUT2D eigenvalue weighted by Gasteiger charge is -2.13. The molecule has 0 aliphatic heterocycles. The van der Waals surface area contributed by atoms with Crippen molar-refractivity contribution in [3.63, 3.8) is 0 Å². The Kier molecular flexibility index (Phi) is 3.11. The molecule has 4 aromatic heterocycles. The molecule has 4 heteroatoms. The van der Waals surface area contributed by atoms with Crippen molar-refractivity contribution in [2.75, 3.05) is 0 Å². The average Bonchev–Trinajstić information content (AvgIpc) is 3.58. The molecule has 0 spiro atoms. The molecule has 2 aliphatic rings. The highest BCUT2D eigenvalue weighted by Crippen LogP contribution is 2.50. The molecule has 7 aromatic rings. The predicted molar refractivity (Wildman–Crippen MR) is 140 cm³/mol. The first-order valence-electron chi connectivity index (χ1n) is 12.0. The fourth-order valence-corrected chi connectivity index (χ4v) is 6.50. The molecular weight excluding hydrogens is 428 g/mol. The lowest BCUT2D eigenvalue weighted by atomic mass is 9.92. The third-order valence-corrected chi connectivity index (χ3v) is 7.97. The normalized spacial score (nSPS) is 13.5. The summed E-state index contributed by atoms with van der Waals surface area (Å²) in [6.45, 7) is 0. The van der Waals surface area contributed by atoms with E-state index in [-0.39, 0.29) is 0 Å². The first-order valence-corrected chi connectivity index (χ1v) is 12.0. The Hall–Kier alpha value is -4.57. The van der Waals surface area contributed by atoms with Crippen LogP contribution in [-0.4, -0.2) is 19.4 Å². The summed E-state index contributed by atoms with van der Waals surface area (Å²) in [6.07, 6.45) is 9.55. The predicted octanol–water partition coefficient (Wildman–Crippen LogP) is 6.73. The van der Waals surface area contributed by atoms with Crippen LogP contribution in [0.5, 0.6) is 0 Å². The highest BCUT2D eigenvalue weighted by molar-refractivity contribution is 6.15. The summed E-state index contributed by atoms with van der Waals surface area (Å²) in [4.78, 5) is 14.0. The van der Waals surface area contributed by atoms with Gasteiger partial charge in [0, 0.05) is 29.4 Å². The Labute approximate surface area is 200 Å². The molecule has 0 amide bonds. The number of rotatable bonds is 0. The van der Waals surface area contributed by atoms with Gasteiger partial charge in [-0.25, -0.2) is 4.98 Å². The summed E-state index contributed by atoms with van der Waals surface area (Å²) >= 11 is 0. The van der Waals surface area contributed by atoms with E-state index in [1.54, 1.807) is 0 Å². The van der Waals surface area contributed by atoms with E-state index < -0.39 is 0 Å². The van der Waals surface area contributed by atoms with Crippen molar-refractivity contribution in [2.24, 2.45) is 0 Å². The highest BCUT2D eigenvalue weighted by atomic mass is 15.0. The summed E-state index contributed by atoms with van der Waals surface area (Å²) in [5.41, 5.74) is 15.3. The van der Waals surface area contributed by atoms with Gasteiger partial charge >= 0.3 is 0 Å². The Balaban J connectivity index is 1.44. The standard InChI is InChI=1S/C31H18N4/c1-2-4-21-17(3-1)11-18-5-6-19-12-20-13-24-23(14-22(20)30(19)29(18)21)25-15-32-10-8-27(25)35-28-16-33-9-7-26(28)34-31(24)35/h1-10,13-16H,11-12H2. The first kappa shape index (κ1) is 17.8. The highest BCUT2D eigenvalue weighted by Gasteiger charge is 2.29. The molecule has 162 valence electrons. The maximum atomic E-state index is 5.06. The van der Waals surface area contributed by atoms with Gasteiger partial charge < -0.3 is 0 Å². The molecule has 0 bridgehead atoms. The fraction of sp³-hybridized carbons (Fsp3) is 0.0645. The van der Waals surface area contributed by atoms with Crippen molar-refractivity contribution in [1.82, 2.24) is 19.4 Å². The van der Waals surface area contributed by atoms with Crippen LogP contribution in [0.15, 0.2) is 85.5 Å². The van der Waals surface area contributed by atoms with Crippen molar-refractivity contribution in [2.45, 2.75) is 12.8 Å². The van der Waals surface area contributed by atoms with Crippen LogP contribution in [0.3, 0.4) is 0 Å². The molecule has 0 saturated heterocycles. The van der Waals surface area contributed by atoms with Gasteiger partial charge in [0.25, 0.3) is 0 Å². The van der Waals surface area contributed by atoms with Crippen LogP contribution in [0.2, 0.25) is 0 Å². The molecule has 3 aromatic carbocycles. The second kappa shape index (κ2) is 6.10. The molecule has 35 heavy (non-hydrogen) atoms. The number of fused-ring (bicyclic) bond motifs is 15. The Morgan fingerprint density at radius 3 is 2.34 bits per heavy atom. The third kappa shape index (κ3) is 2.15. The Morgan fingerprint density at radius 1 is 0.600 bits per heavy atom. The topological polar surface area (TPSA) is 43.1 Å². The van der Waals surface area contributed by atoms with E-state index in [0.29, 0.717) is 0 Å². The van der Waals surface area contributed by atoms with Gasteiger partial charge in [0.15, 0.2) is 0 Å². The van der Waals surface area contributed by atoms with Gasteiger partial charge in [-0.05, 0) is 87.0 Å². The Bertz CT molecular complexity index is 2070. The molecule has 0 unspecified atom stereocenters. The van der Waals surface area contributed by atoms with Gasteiger partial charge in [0.05, 0.1) is 22.7 Å². The molecule has 0 saturated carbocycles. The number of hydrogen-bond acceptors (Lipinski definition) is 3. The molecule has 0 radical (unpaired) electrons. The summed E-state index contributed by atoms with van der Waals surface area (Å²) in [6, 6.07) is 22.4. The Morgan fingerprint density at radius 2 is 1.40 bits per heavy atom. The summed E-state index contributed by atoms with van der Waals surface area (Å²) < 4.78 is 2.24. The van der Waals surface area contributed by atoms with E-state index in [4.69, 9.17) is 4.98 Å². The number of nitrogens with zero attached hydrogens (tertiary/aromatic N) is 4. The second-order valence-electron chi connectivity index (χ2n) is 9.73. The van der Waals surface area contributed by atoms with Gasteiger partial charge in [-0.1, -0.05) is 36.4 Å². The van der Waals surface area contributed by atoms with Crippen LogP contribution >= 0.6 is 0 Å². The van der Waals surface area contributed by atoms with E-state index in [0.717, 1.165) is 40.4 Å². The number of aromatic nitrogens is 4. The van der Waals surface area contributed by atoms with E-state index in [9.17, 15) is 0 Å². The molecular formula is C31H18N4. The quantitative estimate of drug-likeness (QED) is 0.243. The van der Waals surface area contributed by atoms with Crippen LogP contribution in [0.4, 0.5) is 0 Å². The van der Waals surface area contributed by atoms with Crippen molar-refractivity contribution in [3.8, 4) is 22.3 Å². The minimum atomic E-state index is 0.953. The van der Waals surface area contributed by atoms with Gasteiger partial charge in [-0.3, -0.25) is 14.4 Å². The van der Waals surface area contributed by atoms with E-state index in [2.05, 4.69) is 69.0 Å². The zero-order chi connectivity index (χ0) is 22.7. The molecule has 4 nitrogen and oxygen atoms in total. The second-order valence-corrected chi connectivity index (χ2v) is 9.73. The van der Waals surface area contributed by atoms with Crippen molar-refractivity contribution in [3.05, 3.63) is 108 Å². The van der Waals surface area contributed by atoms with E-state index in [1.807, 2.05) is 30.9 Å². The average molecular weight is 447 g/mol. The molecule has 0 fully saturated rings. The van der Waals surface area contributed by atoms with Crippen LogP contribution in [0.1, 0.15) is 22.3 Å². The molecule has 0 atom stereocenters. The van der Waals surface area contributed by atoms with Gasteiger partial charge in [-0.15, -0.1) is 0 Å². The lowest BCUT2D eigenvalue weighted by Crippen LogP contribution is -1.94. The summed E-state index contributed by atoms with van der Waals surface area (Å²) in [7, 11) is 0. The van der Waals surface area contributed by atoms with Gasteiger partial charge in [0.2, 0.25) is 0 Å². The molecule has 2 aliphatic carbocycles.